The van der Waals surface area contributed by atoms with Crippen molar-refractivity contribution >= 4 is 29.7 Å². The number of unbranched alkanes of at least 4 members (excludes halogenated alkanes) is 9. The number of rotatable bonds is 23. The number of nitrogens with one attached hydrogen (secondary N) is 3. The van der Waals surface area contributed by atoms with E-state index in [2.05, 4.69) is 22.9 Å². The van der Waals surface area contributed by atoms with E-state index in [4.69, 9.17) is 10.5 Å². The summed E-state index contributed by atoms with van der Waals surface area (Å²) < 4.78 is 4.71. The van der Waals surface area contributed by atoms with E-state index < -0.39 is 41.9 Å². The van der Waals surface area contributed by atoms with Crippen LogP contribution in [-0.2, 0) is 28.7 Å². The van der Waals surface area contributed by atoms with Gasteiger partial charge >= 0.3 is 11.9 Å². The number of carbonyl (C=O) groups is 5. The van der Waals surface area contributed by atoms with Gasteiger partial charge < -0.3 is 31.5 Å². The van der Waals surface area contributed by atoms with Gasteiger partial charge in [-0.25, -0.2) is 9.59 Å². The highest BCUT2D eigenvalue weighted by Crippen LogP contribution is 2.10. The Balaban J connectivity index is 4.42. The van der Waals surface area contributed by atoms with E-state index in [0.717, 1.165) is 25.7 Å². The van der Waals surface area contributed by atoms with Crippen molar-refractivity contribution in [2.45, 2.75) is 128 Å². The second-order valence-corrected chi connectivity index (χ2v) is 9.73. The normalized spacial score (nSPS) is 13.2. The molecule has 0 radical (unpaired) electrons. The Kier molecular flexibility index (Phi) is 20.7. The number of methoxy groups -OCH3 is 1. The second kappa shape index (κ2) is 22.3. The maximum atomic E-state index is 12.5. The van der Waals surface area contributed by atoms with E-state index in [0.29, 0.717) is 32.2 Å². The standard InChI is InChI=1S/C27H50N4O7/c1-4-5-6-7-8-9-10-11-12-16-23(32)29-20(2)25(34)31-21(26(35)36)17-18-24(33)30-22(27(37)38-3)15-13-14-19-28/h20-22H,4-19,28H2,1-3H3,(H,29,32)(H,30,33)(H,31,34)(H,35,36)/t20-,21+,22-/m0/s1. The summed E-state index contributed by atoms with van der Waals surface area (Å²) in [5, 5.41) is 17.0. The molecule has 3 amide bonds. The van der Waals surface area contributed by atoms with Gasteiger partial charge in [0.15, 0.2) is 0 Å². The summed E-state index contributed by atoms with van der Waals surface area (Å²) >= 11 is 0. The number of nitrogens with two attached hydrogens (primary N) is 1. The van der Waals surface area contributed by atoms with Crippen LogP contribution in [-0.4, -0.2) is 66.5 Å². The number of aliphatic carboxylic acids is 1. The quantitative estimate of drug-likeness (QED) is 0.0966. The average Bonchev–Trinajstić information content (AvgIpc) is 2.88. The Morgan fingerprint density at radius 1 is 0.737 bits per heavy atom. The van der Waals surface area contributed by atoms with Gasteiger partial charge in [0.1, 0.15) is 18.1 Å². The summed E-state index contributed by atoms with van der Waals surface area (Å²) in [4.78, 5) is 60.5. The Hall–Kier alpha value is -2.69. The van der Waals surface area contributed by atoms with Crippen molar-refractivity contribution in [1.29, 1.82) is 0 Å². The summed E-state index contributed by atoms with van der Waals surface area (Å²) in [5.41, 5.74) is 5.46. The molecule has 0 aliphatic carbocycles. The molecule has 0 aromatic carbocycles. The summed E-state index contributed by atoms with van der Waals surface area (Å²) in [6, 6.07) is -3.08. The molecule has 11 heteroatoms. The van der Waals surface area contributed by atoms with E-state index in [9.17, 15) is 29.1 Å². The molecule has 0 aliphatic heterocycles. The lowest BCUT2D eigenvalue weighted by Crippen LogP contribution is -2.50. The lowest BCUT2D eigenvalue weighted by atomic mass is 10.1. The van der Waals surface area contributed by atoms with Crippen molar-refractivity contribution in [3.63, 3.8) is 0 Å². The monoisotopic (exact) mass is 542 g/mol. The third-order valence-corrected chi connectivity index (χ3v) is 6.32. The van der Waals surface area contributed by atoms with E-state index >= 15 is 0 Å². The van der Waals surface area contributed by atoms with Crippen molar-refractivity contribution in [3.8, 4) is 0 Å². The highest BCUT2D eigenvalue weighted by Gasteiger charge is 2.26. The summed E-state index contributed by atoms with van der Waals surface area (Å²) in [6.45, 7) is 4.14. The van der Waals surface area contributed by atoms with Gasteiger partial charge in [0.25, 0.3) is 0 Å². The van der Waals surface area contributed by atoms with Crippen molar-refractivity contribution in [3.05, 3.63) is 0 Å². The smallest absolute Gasteiger partial charge is 0.328 e. The fourth-order valence-corrected chi connectivity index (χ4v) is 3.96. The molecule has 6 N–H and O–H groups in total. The van der Waals surface area contributed by atoms with Gasteiger partial charge in [-0.3, -0.25) is 14.4 Å². The molecule has 0 aliphatic rings. The minimum atomic E-state index is -1.32. The number of carboxylic acids is 1. The number of hydrogen-bond donors (Lipinski definition) is 5. The van der Waals surface area contributed by atoms with E-state index in [1.54, 1.807) is 0 Å². The molecule has 0 aromatic heterocycles. The van der Waals surface area contributed by atoms with Gasteiger partial charge in [-0.2, -0.15) is 0 Å². The van der Waals surface area contributed by atoms with Gasteiger partial charge in [-0.1, -0.05) is 58.3 Å². The lowest BCUT2D eigenvalue weighted by molar-refractivity contribution is -0.145. The minimum absolute atomic E-state index is 0.178. The topological polar surface area (TPSA) is 177 Å². The SMILES string of the molecule is CCCCCCCCCCCC(=O)N[C@@H](C)C(=O)N[C@H](CCC(=O)N[C@@H](CCCCN)C(=O)OC)C(=O)O. The van der Waals surface area contributed by atoms with Crippen molar-refractivity contribution < 1.29 is 33.8 Å². The van der Waals surface area contributed by atoms with Crippen LogP contribution in [0, 0.1) is 0 Å². The second-order valence-electron chi connectivity index (χ2n) is 9.73. The van der Waals surface area contributed by atoms with Gasteiger partial charge in [-0.05, 0) is 45.6 Å². The van der Waals surface area contributed by atoms with Crippen molar-refractivity contribution in [1.82, 2.24) is 16.0 Å². The molecular weight excluding hydrogens is 492 g/mol. The highest BCUT2D eigenvalue weighted by atomic mass is 16.5. The molecule has 0 fully saturated rings. The Labute approximate surface area is 227 Å². The van der Waals surface area contributed by atoms with Crippen LogP contribution in [0.4, 0.5) is 0 Å². The first-order chi connectivity index (χ1) is 18.2. The van der Waals surface area contributed by atoms with Gasteiger partial charge in [0.05, 0.1) is 7.11 Å². The third-order valence-electron chi connectivity index (χ3n) is 6.32. The van der Waals surface area contributed by atoms with Crippen LogP contribution in [0.25, 0.3) is 0 Å². The van der Waals surface area contributed by atoms with Crippen molar-refractivity contribution in [2.75, 3.05) is 13.7 Å². The summed E-state index contributed by atoms with van der Waals surface area (Å²) in [5.74, 6) is -3.33. The maximum Gasteiger partial charge on any atom is 0.328 e. The van der Waals surface area contributed by atoms with Gasteiger partial charge in [0.2, 0.25) is 17.7 Å². The fourth-order valence-electron chi connectivity index (χ4n) is 3.96. The maximum absolute atomic E-state index is 12.5. The first kappa shape index (κ1) is 35.3. The molecule has 0 rings (SSSR count). The zero-order chi connectivity index (χ0) is 28.8. The number of ether oxygens (including phenoxy) is 1. The molecule has 0 bridgehead atoms. The molecule has 0 saturated heterocycles. The Morgan fingerprint density at radius 2 is 1.32 bits per heavy atom. The number of hydrogen-bond acceptors (Lipinski definition) is 7. The van der Waals surface area contributed by atoms with Crippen LogP contribution < -0.4 is 21.7 Å². The van der Waals surface area contributed by atoms with Crippen LogP contribution in [0.1, 0.15) is 110 Å². The predicted molar refractivity (Wildman–Crippen MR) is 145 cm³/mol. The van der Waals surface area contributed by atoms with E-state index in [-0.39, 0.29) is 18.7 Å². The molecule has 38 heavy (non-hydrogen) atoms. The van der Waals surface area contributed by atoms with E-state index in [1.807, 2.05) is 0 Å². The summed E-state index contributed by atoms with van der Waals surface area (Å²) in [6.07, 6.45) is 11.8. The van der Waals surface area contributed by atoms with Crippen LogP contribution in [0.2, 0.25) is 0 Å². The van der Waals surface area contributed by atoms with Crippen LogP contribution >= 0.6 is 0 Å². The number of esters is 1. The molecular formula is C27H50N4O7. The fraction of sp³-hybridized carbons (Fsp3) is 0.815. The third kappa shape index (κ3) is 17.7. The van der Waals surface area contributed by atoms with Gasteiger partial charge in [0, 0.05) is 12.8 Å². The predicted octanol–water partition coefficient (Wildman–Crippen LogP) is 2.55. The zero-order valence-electron chi connectivity index (χ0n) is 23.5. The summed E-state index contributed by atoms with van der Waals surface area (Å²) in [7, 11) is 1.22. The molecule has 0 spiro atoms. The lowest BCUT2D eigenvalue weighted by Gasteiger charge is -2.20. The molecule has 3 atom stereocenters. The molecule has 0 aromatic rings. The minimum Gasteiger partial charge on any atom is -0.480 e. The molecule has 220 valence electrons. The molecule has 0 unspecified atom stereocenters. The van der Waals surface area contributed by atoms with Crippen LogP contribution in [0.15, 0.2) is 0 Å². The van der Waals surface area contributed by atoms with Gasteiger partial charge in [-0.15, -0.1) is 0 Å². The first-order valence-electron chi connectivity index (χ1n) is 14.1. The molecule has 0 heterocycles. The molecule has 11 nitrogen and oxygen atoms in total. The average molecular weight is 543 g/mol. The zero-order valence-corrected chi connectivity index (χ0v) is 23.5. The van der Waals surface area contributed by atoms with Crippen molar-refractivity contribution in [2.24, 2.45) is 5.73 Å². The molecule has 0 saturated carbocycles. The Bertz CT molecular complexity index is 718. The highest BCUT2D eigenvalue weighted by molar-refractivity contribution is 5.90. The Morgan fingerprint density at radius 3 is 1.87 bits per heavy atom. The van der Waals surface area contributed by atoms with Crippen LogP contribution in [0.5, 0.6) is 0 Å². The van der Waals surface area contributed by atoms with E-state index in [1.165, 1.54) is 46.1 Å². The first-order valence-corrected chi connectivity index (χ1v) is 14.1. The number of carboxylic acid groups (broad SMARTS) is 1. The largest absolute Gasteiger partial charge is 0.480 e. The van der Waals surface area contributed by atoms with Crippen LogP contribution in [0.3, 0.4) is 0 Å². The number of amides is 3. The number of carbonyl (C=O) groups excluding carboxylic acids is 4.